The predicted molar refractivity (Wildman–Crippen MR) is 115 cm³/mol. The Kier molecular flexibility index (Phi) is 6.50. The highest BCUT2D eigenvalue weighted by atomic mass is 35.5. The highest BCUT2D eigenvalue weighted by molar-refractivity contribution is 7.99. The van der Waals surface area contributed by atoms with E-state index in [1.54, 1.807) is 24.1 Å². The molecule has 1 aliphatic heterocycles. The van der Waals surface area contributed by atoms with Gasteiger partial charge in [-0.25, -0.2) is 0 Å². The lowest BCUT2D eigenvalue weighted by atomic mass is 10.3. The van der Waals surface area contributed by atoms with Gasteiger partial charge in [-0.2, -0.15) is 0 Å². The maximum atomic E-state index is 12.5. The number of thioether (sulfide) groups is 1. The third kappa shape index (κ3) is 5.17. The first kappa shape index (κ1) is 20.3. The molecule has 7 nitrogen and oxygen atoms in total. The standard InChI is InChI=1S/C20H26ClN5O2S/c1-24(12-13-28-17-8-4-15(21)5-9-17)18(27)14-29-20-23-22-19(25-10-2-3-11-25)26(20)16-6-7-16/h4-5,8-9,16H,2-3,6-7,10-14H2,1H3. The number of hydrogen-bond donors (Lipinski definition) is 0. The van der Waals surface area contributed by atoms with E-state index in [1.165, 1.54) is 37.4 Å². The molecular weight excluding hydrogens is 410 g/mol. The van der Waals surface area contributed by atoms with Crippen molar-refractivity contribution in [3.05, 3.63) is 29.3 Å². The Labute approximate surface area is 180 Å². The summed E-state index contributed by atoms with van der Waals surface area (Å²) in [5, 5.41) is 10.4. The van der Waals surface area contributed by atoms with Crippen LogP contribution in [0.5, 0.6) is 5.75 Å². The van der Waals surface area contributed by atoms with Gasteiger partial charge in [-0.1, -0.05) is 23.4 Å². The van der Waals surface area contributed by atoms with Crippen molar-refractivity contribution in [2.75, 3.05) is 43.9 Å². The molecule has 0 unspecified atom stereocenters. The van der Waals surface area contributed by atoms with Gasteiger partial charge in [0.25, 0.3) is 0 Å². The van der Waals surface area contributed by atoms with Crippen LogP contribution >= 0.6 is 23.4 Å². The number of amides is 1. The summed E-state index contributed by atoms with van der Waals surface area (Å²) in [6, 6.07) is 7.71. The zero-order valence-corrected chi connectivity index (χ0v) is 18.2. The van der Waals surface area contributed by atoms with Gasteiger partial charge in [-0.15, -0.1) is 10.2 Å². The van der Waals surface area contributed by atoms with E-state index in [2.05, 4.69) is 19.7 Å². The van der Waals surface area contributed by atoms with Crippen LogP contribution in [0, 0.1) is 0 Å². The van der Waals surface area contributed by atoms with Gasteiger partial charge in [-0.3, -0.25) is 9.36 Å². The van der Waals surface area contributed by atoms with Gasteiger partial charge in [0.15, 0.2) is 5.16 Å². The number of hydrogen-bond acceptors (Lipinski definition) is 6. The highest BCUT2D eigenvalue weighted by Gasteiger charge is 2.32. The van der Waals surface area contributed by atoms with Crippen molar-refractivity contribution in [3.8, 4) is 5.75 Å². The van der Waals surface area contributed by atoms with Crippen LogP contribution in [0.1, 0.15) is 31.7 Å². The molecule has 0 bridgehead atoms. The highest BCUT2D eigenvalue weighted by Crippen LogP contribution is 2.41. The van der Waals surface area contributed by atoms with Crippen LogP contribution in [0.3, 0.4) is 0 Å². The smallest absolute Gasteiger partial charge is 0.232 e. The zero-order valence-electron chi connectivity index (χ0n) is 16.6. The number of likely N-dealkylation sites (N-methyl/N-ethyl adjacent to an activating group) is 1. The number of aromatic nitrogens is 3. The molecule has 0 spiro atoms. The van der Waals surface area contributed by atoms with E-state index in [0.717, 1.165) is 29.9 Å². The molecule has 1 saturated heterocycles. The van der Waals surface area contributed by atoms with Crippen LogP contribution in [0.4, 0.5) is 5.95 Å². The Hall–Kier alpha value is -1.93. The minimum Gasteiger partial charge on any atom is -0.492 e. The Morgan fingerprint density at radius 1 is 1.24 bits per heavy atom. The number of benzene rings is 1. The number of carbonyl (C=O) groups is 1. The van der Waals surface area contributed by atoms with Crippen molar-refractivity contribution in [1.82, 2.24) is 19.7 Å². The fourth-order valence-corrected chi connectivity index (χ4v) is 4.41. The molecule has 0 N–H and O–H groups in total. The summed E-state index contributed by atoms with van der Waals surface area (Å²) in [5.74, 6) is 2.13. The third-order valence-corrected chi connectivity index (χ3v) is 6.39. The van der Waals surface area contributed by atoms with Gasteiger partial charge in [0.2, 0.25) is 11.9 Å². The number of halogens is 1. The monoisotopic (exact) mass is 435 g/mol. The second-order valence-corrected chi connectivity index (χ2v) is 8.86. The number of carbonyl (C=O) groups excluding carboxylic acids is 1. The topological polar surface area (TPSA) is 63.5 Å². The molecule has 2 aromatic rings. The number of ether oxygens (including phenoxy) is 1. The molecule has 9 heteroatoms. The predicted octanol–water partition coefficient (Wildman–Crippen LogP) is 3.50. The SMILES string of the molecule is CN(CCOc1ccc(Cl)cc1)C(=O)CSc1nnc(N2CCCC2)n1C1CC1. The number of anilines is 1. The van der Waals surface area contributed by atoms with Crippen LogP contribution in [-0.2, 0) is 4.79 Å². The maximum Gasteiger partial charge on any atom is 0.232 e. The van der Waals surface area contributed by atoms with Gasteiger partial charge < -0.3 is 14.5 Å². The lowest BCUT2D eigenvalue weighted by Gasteiger charge is -2.19. The third-order valence-electron chi connectivity index (χ3n) is 5.21. The first-order valence-electron chi connectivity index (χ1n) is 10.1. The first-order chi connectivity index (χ1) is 14.1. The summed E-state index contributed by atoms with van der Waals surface area (Å²) in [6.07, 6.45) is 4.76. The van der Waals surface area contributed by atoms with Crippen molar-refractivity contribution >= 4 is 35.2 Å². The Morgan fingerprint density at radius 3 is 2.66 bits per heavy atom. The normalized spacial score (nSPS) is 16.3. The quantitative estimate of drug-likeness (QED) is 0.562. The molecule has 156 valence electrons. The van der Waals surface area contributed by atoms with E-state index in [-0.39, 0.29) is 5.91 Å². The maximum absolute atomic E-state index is 12.5. The molecule has 0 atom stereocenters. The summed E-state index contributed by atoms with van der Waals surface area (Å²) < 4.78 is 7.92. The average Bonchev–Trinajstić information content (AvgIpc) is 3.24. The van der Waals surface area contributed by atoms with E-state index in [4.69, 9.17) is 16.3 Å². The fourth-order valence-electron chi connectivity index (χ4n) is 3.35. The number of nitrogens with zero attached hydrogens (tertiary/aromatic N) is 5. The molecular formula is C20H26ClN5O2S. The van der Waals surface area contributed by atoms with Crippen LogP contribution < -0.4 is 9.64 Å². The summed E-state index contributed by atoms with van der Waals surface area (Å²) in [5.41, 5.74) is 0. The van der Waals surface area contributed by atoms with Crippen LogP contribution in [-0.4, -0.2) is 64.6 Å². The van der Waals surface area contributed by atoms with E-state index in [0.29, 0.717) is 30.0 Å². The van der Waals surface area contributed by atoms with E-state index in [9.17, 15) is 4.79 Å². The molecule has 1 aliphatic carbocycles. The van der Waals surface area contributed by atoms with Crippen molar-refractivity contribution in [2.24, 2.45) is 0 Å². The van der Waals surface area contributed by atoms with E-state index < -0.39 is 0 Å². The van der Waals surface area contributed by atoms with Gasteiger partial charge in [0.1, 0.15) is 12.4 Å². The van der Waals surface area contributed by atoms with Crippen LogP contribution in [0.15, 0.2) is 29.4 Å². The van der Waals surface area contributed by atoms with Crippen molar-refractivity contribution in [1.29, 1.82) is 0 Å². The minimum absolute atomic E-state index is 0.0581. The van der Waals surface area contributed by atoms with Gasteiger partial charge in [0.05, 0.1) is 12.3 Å². The molecule has 2 fully saturated rings. The largest absolute Gasteiger partial charge is 0.492 e. The Morgan fingerprint density at radius 2 is 1.97 bits per heavy atom. The Balaban J connectivity index is 1.27. The molecule has 1 aromatic heterocycles. The molecule has 2 aliphatic rings. The van der Waals surface area contributed by atoms with E-state index in [1.807, 2.05) is 12.1 Å². The molecule has 2 heterocycles. The van der Waals surface area contributed by atoms with Crippen molar-refractivity contribution < 1.29 is 9.53 Å². The summed E-state index contributed by atoms with van der Waals surface area (Å²) >= 11 is 7.35. The first-order valence-corrected chi connectivity index (χ1v) is 11.4. The lowest BCUT2D eigenvalue weighted by Crippen LogP contribution is -2.32. The fraction of sp³-hybridized carbons (Fsp3) is 0.550. The second-order valence-electron chi connectivity index (χ2n) is 7.48. The molecule has 1 saturated carbocycles. The summed E-state index contributed by atoms with van der Waals surface area (Å²) in [4.78, 5) is 16.5. The van der Waals surface area contributed by atoms with Crippen LogP contribution in [0.25, 0.3) is 0 Å². The van der Waals surface area contributed by atoms with Gasteiger partial charge >= 0.3 is 0 Å². The zero-order chi connectivity index (χ0) is 20.2. The number of rotatable bonds is 9. The molecule has 4 rings (SSSR count). The van der Waals surface area contributed by atoms with Crippen molar-refractivity contribution in [2.45, 2.75) is 36.9 Å². The minimum atomic E-state index is 0.0581. The average molecular weight is 436 g/mol. The van der Waals surface area contributed by atoms with Crippen molar-refractivity contribution in [3.63, 3.8) is 0 Å². The Bertz CT molecular complexity index is 834. The summed E-state index contributed by atoms with van der Waals surface area (Å²) in [7, 11) is 1.80. The second kappa shape index (κ2) is 9.26. The lowest BCUT2D eigenvalue weighted by molar-refractivity contribution is -0.127. The molecule has 1 amide bonds. The van der Waals surface area contributed by atoms with Gasteiger partial charge in [-0.05, 0) is 49.9 Å². The molecule has 29 heavy (non-hydrogen) atoms. The summed E-state index contributed by atoms with van der Waals surface area (Å²) in [6.45, 7) is 3.05. The molecule has 0 radical (unpaired) electrons. The molecule has 1 aromatic carbocycles. The van der Waals surface area contributed by atoms with Crippen LogP contribution in [0.2, 0.25) is 5.02 Å². The van der Waals surface area contributed by atoms with Gasteiger partial charge in [0, 0.05) is 31.2 Å². The van der Waals surface area contributed by atoms with E-state index >= 15 is 0 Å².